The molecular weight excluding hydrogens is 829 g/mol. The molecule has 0 aliphatic carbocycles. The topological polar surface area (TPSA) is 111 Å². The van der Waals surface area contributed by atoms with E-state index in [1.165, 1.54) is 0 Å². The Balaban J connectivity index is 0.000000235. The summed E-state index contributed by atoms with van der Waals surface area (Å²) in [6.45, 7) is 10.1. The van der Waals surface area contributed by atoms with Crippen molar-refractivity contribution >= 4 is 29.3 Å². The van der Waals surface area contributed by atoms with E-state index in [0.29, 0.717) is 68.9 Å². The van der Waals surface area contributed by atoms with Gasteiger partial charge in [0, 0.05) is 44.1 Å². The fraction of sp³-hybridized carbons (Fsp3) is 0.400. The van der Waals surface area contributed by atoms with Crippen LogP contribution in [-0.4, -0.2) is 64.2 Å². The van der Waals surface area contributed by atoms with Crippen LogP contribution in [0, 0.1) is 11.6 Å². The number of aliphatic hydroxyl groups excluding tert-OH is 1. The third kappa shape index (κ3) is 13.0. The second kappa shape index (κ2) is 19.7. The van der Waals surface area contributed by atoms with Gasteiger partial charge in [-0.3, -0.25) is 14.5 Å². The number of ether oxygens (including phenoxy) is 1. The van der Waals surface area contributed by atoms with E-state index in [2.05, 4.69) is 15.5 Å². The summed E-state index contributed by atoms with van der Waals surface area (Å²) >= 11 is 0. The highest BCUT2D eigenvalue weighted by molar-refractivity contribution is 5.94. The number of carbonyl (C=O) groups is 3. The molecule has 62 heavy (non-hydrogen) atoms. The first-order chi connectivity index (χ1) is 29.0. The molecule has 2 heterocycles. The van der Waals surface area contributed by atoms with Crippen molar-refractivity contribution in [3.8, 4) is 0 Å². The van der Waals surface area contributed by atoms with Gasteiger partial charge in [-0.05, 0) is 110 Å². The molecule has 3 N–H and O–H groups in total. The maximum atomic E-state index is 13.8. The standard InChI is InChI=1S/C23H24F4N2O3.C22H24F4N2O2/c1-22(2,3)32-21(31)29-10-9-16-15(13-29)5-4-6-19(16)28-20(30)12-14-7-8-17(18(24)11-14)23(25,26)27;1-2-16(29)13-28-9-8-17-15(12-28)4-3-5-20(17)27-21(30)11-14-6-7-18(19(23)10-14)22(24,25)26/h4-8,11H,9-10,12-13H2,1-3H3,(H,28,30);3-7,10,16,29H,2,8-9,11-13H2,1H3,(H,27,30). The predicted octanol–water partition coefficient (Wildman–Crippen LogP) is 9.47. The molecule has 9 nitrogen and oxygen atoms in total. The Morgan fingerprint density at radius 1 is 0.710 bits per heavy atom. The Labute approximate surface area is 354 Å². The van der Waals surface area contributed by atoms with E-state index in [-0.39, 0.29) is 30.1 Å². The number of nitrogens with one attached hydrogen (secondary N) is 2. The van der Waals surface area contributed by atoms with Crippen molar-refractivity contribution in [3.05, 3.63) is 129 Å². The Kier molecular flexibility index (Phi) is 15.1. The van der Waals surface area contributed by atoms with E-state index in [1.807, 2.05) is 25.1 Å². The monoisotopic (exact) mass is 876 g/mol. The molecule has 1 unspecified atom stereocenters. The van der Waals surface area contributed by atoms with Crippen molar-refractivity contribution in [1.29, 1.82) is 0 Å². The summed E-state index contributed by atoms with van der Waals surface area (Å²) in [5, 5.41) is 15.4. The number of nitrogens with zero attached hydrogens (tertiary/aromatic N) is 2. The van der Waals surface area contributed by atoms with Gasteiger partial charge in [0.25, 0.3) is 0 Å². The second-order valence-electron chi connectivity index (χ2n) is 16.2. The zero-order chi connectivity index (χ0) is 45.6. The Bertz CT molecular complexity index is 2260. The fourth-order valence-corrected chi connectivity index (χ4v) is 7.13. The zero-order valence-corrected chi connectivity index (χ0v) is 34.6. The Morgan fingerprint density at radius 2 is 1.18 bits per heavy atom. The maximum absolute atomic E-state index is 13.8. The average molecular weight is 877 g/mol. The van der Waals surface area contributed by atoms with Crippen molar-refractivity contribution in [2.24, 2.45) is 0 Å². The largest absolute Gasteiger partial charge is 0.444 e. The molecule has 0 spiro atoms. The number of halogens is 8. The van der Waals surface area contributed by atoms with Crippen LogP contribution in [0.2, 0.25) is 0 Å². The number of alkyl halides is 6. The lowest BCUT2D eigenvalue weighted by molar-refractivity contribution is -0.140. The summed E-state index contributed by atoms with van der Waals surface area (Å²) in [7, 11) is 0. The van der Waals surface area contributed by atoms with Crippen LogP contribution < -0.4 is 10.6 Å². The number of amides is 3. The highest BCUT2D eigenvalue weighted by atomic mass is 19.4. The molecule has 4 aromatic rings. The van der Waals surface area contributed by atoms with Crippen molar-refractivity contribution in [3.63, 3.8) is 0 Å². The maximum Gasteiger partial charge on any atom is 0.419 e. The smallest absolute Gasteiger partial charge is 0.419 e. The number of rotatable bonds is 9. The number of hydrogen-bond acceptors (Lipinski definition) is 6. The van der Waals surface area contributed by atoms with E-state index in [1.54, 1.807) is 43.9 Å². The molecule has 1 atom stereocenters. The van der Waals surface area contributed by atoms with Gasteiger partial charge in [0.1, 0.15) is 17.2 Å². The minimum atomic E-state index is -4.79. The molecule has 3 amide bonds. The summed E-state index contributed by atoms with van der Waals surface area (Å²) in [4.78, 5) is 40.9. The van der Waals surface area contributed by atoms with Crippen molar-refractivity contribution in [1.82, 2.24) is 9.80 Å². The van der Waals surface area contributed by atoms with Crippen molar-refractivity contribution in [2.45, 2.75) is 96.9 Å². The molecule has 2 aliphatic rings. The SMILES string of the molecule is CC(C)(C)OC(=O)N1CCc2c(cccc2NC(=O)Cc2ccc(C(F)(F)F)c(F)c2)C1.CCC(O)CN1CCc2c(cccc2NC(=O)Cc2ccc(C(F)(F)F)c(F)c2)C1. The van der Waals surface area contributed by atoms with E-state index in [9.17, 15) is 54.6 Å². The third-order valence-corrected chi connectivity index (χ3v) is 10.2. The summed E-state index contributed by atoms with van der Waals surface area (Å²) in [6.07, 6.45) is -8.96. The van der Waals surface area contributed by atoms with Gasteiger partial charge in [-0.25, -0.2) is 13.6 Å². The number of aliphatic hydroxyl groups is 1. The molecule has 0 saturated heterocycles. The van der Waals surface area contributed by atoms with Gasteiger partial charge in [0.15, 0.2) is 0 Å². The number of fused-ring (bicyclic) bond motifs is 2. The molecule has 6 rings (SSSR count). The molecule has 0 saturated carbocycles. The molecule has 0 radical (unpaired) electrons. The summed E-state index contributed by atoms with van der Waals surface area (Å²) in [6, 6.07) is 15.8. The minimum Gasteiger partial charge on any atom is -0.444 e. The van der Waals surface area contributed by atoms with Crippen LogP contribution in [0.25, 0.3) is 0 Å². The number of benzene rings is 4. The summed E-state index contributed by atoms with van der Waals surface area (Å²) in [5.41, 5.74) is 2.00. The highest BCUT2D eigenvalue weighted by Crippen LogP contribution is 2.34. The van der Waals surface area contributed by atoms with Crippen LogP contribution in [0.5, 0.6) is 0 Å². The molecule has 334 valence electrons. The summed E-state index contributed by atoms with van der Waals surface area (Å²) in [5.74, 6) is -3.71. The second-order valence-corrected chi connectivity index (χ2v) is 16.2. The number of β-amino-alcohol motifs (C(OH)–C–C–N with tert-alkyl or cyclic N) is 1. The van der Waals surface area contributed by atoms with Crippen LogP contribution >= 0.6 is 0 Å². The summed E-state index contributed by atoms with van der Waals surface area (Å²) < 4.78 is 109. The van der Waals surface area contributed by atoms with Crippen LogP contribution in [-0.2, 0) is 65.5 Å². The van der Waals surface area contributed by atoms with E-state index < -0.39 is 58.6 Å². The third-order valence-electron chi connectivity index (χ3n) is 10.2. The van der Waals surface area contributed by atoms with Crippen molar-refractivity contribution in [2.75, 3.05) is 30.3 Å². The highest BCUT2D eigenvalue weighted by Gasteiger charge is 2.35. The van der Waals surface area contributed by atoms with Crippen molar-refractivity contribution < 1.29 is 59.4 Å². The van der Waals surface area contributed by atoms with Crippen LogP contribution in [0.4, 0.5) is 51.3 Å². The molecule has 0 fully saturated rings. The fourth-order valence-electron chi connectivity index (χ4n) is 7.13. The molecule has 17 heteroatoms. The lowest BCUT2D eigenvalue weighted by Crippen LogP contribution is -2.40. The van der Waals surface area contributed by atoms with Gasteiger partial charge in [0.2, 0.25) is 11.8 Å². The first kappa shape index (κ1) is 47.5. The van der Waals surface area contributed by atoms with Gasteiger partial charge in [-0.1, -0.05) is 43.3 Å². The number of anilines is 2. The van der Waals surface area contributed by atoms with Crippen LogP contribution in [0.1, 0.15) is 78.6 Å². The normalized spacial score (nSPS) is 14.8. The molecule has 4 aromatic carbocycles. The number of hydrogen-bond donors (Lipinski definition) is 3. The van der Waals surface area contributed by atoms with Gasteiger partial charge in [-0.2, -0.15) is 26.3 Å². The van der Waals surface area contributed by atoms with E-state index in [4.69, 9.17) is 4.74 Å². The lowest BCUT2D eigenvalue weighted by atomic mass is 9.97. The van der Waals surface area contributed by atoms with Gasteiger partial charge in [0.05, 0.1) is 30.1 Å². The first-order valence-electron chi connectivity index (χ1n) is 19.9. The van der Waals surface area contributed by atoms with E-state index >= 15 is 0 Å². The molecule has 0 aromatic heterocycles. The first-order valence-corrected chi connectivity index (χ1v) is 19.9. The van der Waals surface area contributed by atoms with Gasteiger partial charge < -0.3 is 25.4 Å². The van der Waals surface area contributed by atoms with E-state index in [0.717, 1.165) is 53.1 Å². The van der Waals surface area contributed by atoms with Gasteiger partial charge >= 0.3 is 18.4 Å². The Hall–Kier alpha value is -5.55. The quantitative estimate of drug-likeness (QED) is 0.145. The number of carbonyl (C=O) groups excluding carboxylic acids is 3. The zero-order valence-electron chi connectivity index (χ0n) is 34.6. The lowest BCUT2D eigenvalue weighted by Gasteiger charge is -2.32. The Morgan fingerprint density at radius 3 is 1.61 bits per heavy atom. The van der Waals surface area contributed by atoms with Crippen LogP contribution in [0.3, 0.4) is 0 Å². The average Bonchev–Trinajstić information content (AvgIpc) is 3.16. The molecular formula is C45H48F8N4O5. The molecule has 0 bridgehead atoms. The van der Waals surface area contributed by atoms with Crippen LogP contribution in [0.15, 0.2) is 72.8 Å². The van der Waals surface area contributed by atoms with Gasteiger partial charge in [-0.15, -0.1) is 0 Å². The molecule has 2 aliphatic heterocycles. The predicted molar refractivity (Wildman–Crippen MR) is 216 cm³/mol. The minimum absolute atomic E-state index is 0.133.